The van der Waals surface area contributed by atoms with Crippen LogP contribution in [0.15, 0.2) is 47.4 Å². The smallest absolute Gasteiger partial charge is 0.0449 e. The molecule has 2 aromatic carbocycles. The average Bonchev–Trinajstić information content (AvgIpc) is 2.41. The maximum Gasteiger partial charge on any atom is 0.0449 e. The maximum atomic E-state index is 6.22. The standard InChI is InChI=1S/C15H15Cl2NS/c16-13-4-1-11(2-5-13)10-19-14-6-3-12(7-8-18)15(17)9-14/h1-6,9H,7-8,10,18H2. The van der Waals surface area contributed by atoms with Gasteiger partial charge in [0.05, 0.1) is 0 Å². The quantitative estimate of drug-likeness (QED) is 0.804. The summed E-state index contributed by atoms with van der Waals surface area (Å²) in [5, 5.41) is 1.56. The van der Waals surface area contributed by atoms with Crippen molar-refractivity contribution < 1.29 is 0 Å². The van der Waals surface area contributed by atoms with Crippen molar-refractivity contribution >= 4 is 35.0 Å². The van der Waals surface area contributed by atoms with E-state index in [1.807, 2.05) is 30.3 Å². The third-order valence-electron chi connectivity index (χ3n) is 2.76. The molecule has 19 heavy (non-hydrogen) atoms. The van der Waals surface area contributed by atoms with E-state index in [1.54, 1.807) is 11.8 Å². The largest absolute Gasteiger partial charge is 0.330 e. The monoisotopic (exact) mass is 311 g/mol. The molecule has 4 heteroatoms. The van der Waals surface area contributed by atoms with E-state index in [0.717, 1.165) is 27.8 Å². The summed E-state index contributed by atoms with van der Waals surface area (Å²) >= 11 is 13.8. The van der Waals surface area contributed by atoms with E-state index < -0.39 is 0 Å². The van der Waals surface area contributed by atoms with Crippen molar-refractivity contribution in [1.29, 1.82) is 0 Å². The minimum absolute atomic E-state index is 0.622. The molecule has 0 saturated heterocycles. The molecule has 0 atom stereocenters. The van der Waals surface area contributed by atoms with Crippen molar-refractivity contribution in [3.8, 4) is 0 Å². The molecular weight excluding hydrogens is 297 g/mol. The highest BCUT2D eigenvalue weighted by atomic mass is 35.5. The highest BCUT2D eigenvalue weighted by Gasteiger charge is 2.02. The molecule has 0 heterocycles. The van der Waals surface area contributed by atoms with Crippen molar-refractivity contribution in [2.45, 2.75) is 17.1 Å². The minimum atomic E-state index is 0.622. The first-order valence-electron chi connectivity index (χ1n) is 6.05. The lowest BCUT2D eigenvalue weighted by atomic mass is 10.1. The van der Waals surface area contributed by atoms with Gasteiger partial charge in [0.1, 0.15) is 0 Å². The Balaban J connectivity index is 1.99. The summed E-state index contributed by atoms with van der Waals surface area (Å²) < 4.78 is 0. The lowest BCUT2D eigenvalue weighted by molar-refractivity contribution is 0.967. The topological polar surface area (TPSA) is 26.0 Å². The zero-order valence-corrected chi connectivity index (χ0v) is 12.7. The molecule has 0 bridgehead atoms. The molecule has 0 aliphatic heterocycles. The van der Waals surface area contributed by atoms with Gasteiger partial charge in [0.2, 0.25) is 0 Å². The number of halogens is 2. The Bertz CT molecular complexity index is 540. The third kappa shape index (κ3) is 4.43. The fourth-order valence-electron chi connectivity index (χ4n) is 1.72. The summed E-state index contributed by atoms with van der Waals surface area (Å²) in [4.78, 5) is 1.17. The highest BCUT2D eigenvalue weighted by molar-refractivity contribution is 7.98. The number of hydrogen-bond acceptors (Lipinski definition) is 2. The van der Waals surface area contributed by atoms with E-state index in [-0.39, 0.29) is 0 Å². The van der Waals surface area contributed by atoms with Crippen LogP contribution in [0.2, 0.25) is 10.0 Å². The van der Waals surface area contributed by atoms with Crippen molar-refractivity contribution in [3.05, 3.63) is 63.6 Å². The molecule has 2 N–H and O–H groups in total. The van der Waals surface area contributed by atoms with E-state index in [1.165, 1.54) is 10.5 Å². The average molecular weight is 312 g/mol. The summed E-state index contributed by atoms with van der Waals surface area (Å²) in [6.45, 7) is 0.622. The Labute approximate surface area is 128 Å². The van der Waals surface area contributed by atoms with Gasteiger partial charge in [0.25, 0.3) is 0 Å². The van der Waals surface area contributed by atoms with Gasteiger partial charge in [-0.15, -0.1) is 11.8 Å². The molecule has 0 aliphatic carbocycles. The molecule has 0 fully saturated rings. The fraction of sp³-hybridized carbons (Fsp3) is 0.200. The first-order chi connectivity index (χ1) is 9.19. The van der Waals surface area contributed by atoms with Crippen LogP contribution in [-0.4, -0.2) is 6.54 Å². The van der Waals surface area contributed by atoms with E-state index in [4.69, 9.17) is 28.9 Å². The van der Waals surface area contributed by atoms with Crippen LogP contribution in [0, 0.1) is 0 Å². The Kier molecular flexibility index (Phi) is 5.59. The first-order valence-corrected chi connectivity index (χ1v) is 7.79. The number of thioether (sulfide) groups is 1. The Morgan fingerprint density at radius 2 is 1.74 bits per heavy atom. The van der Waals surface area contributed by atoms with Crippen molar-refractivity contribution in [3.63, 3.8) is 0 Å². The van der Waals surface area contributed by atoms with E-state index in [2.05, 4.69) is 12.1 Å². The second-order valence-electron chi connectivity index (χ2n) is 4.21. The van der Waals surface area contributed by atoms with Crippen LogP contribution in [0.4, 0.5) is 0 Å². The molecule has 0 amide bonds. The third-order valence-corrected chi connectivity index (χ3v) is 4.43. The molecule has 0 radical (unpaired) electrons. The lowest BCUT2D eigenvalue weighted by Crippen LogP contribution is -2.02. The first kappa shape index (κ1) is 14.7. The molecule has 0 aromatic heterocycles. The van der Waals surface area contributed by atoms with Crippen LogP contribution in [0.25, 0.3) is 0 Å². The number of benzene rings is 2. The lowest BCUT2D eigenvalue weighted by Gasteiger charge is -2.06. The molecule has 100 valence electrons. The zero-order chi connectivity index (χ0) is 13.7. The second kappa shape index (κ2) is 7.20. The zero-order valence-electron chi connectivity index (χ0n) is 10.4. The Morgan fingerprint density at radius 3 is 2.37 bits per heavy atom. The van der Waals surface area contributed by atoms with Crippen LogP contribution in [0.5, 0.6) is 0 Å². The van der Waals surface area contributed by atoms with Gasteiger partial charge in [-0.05, 0) is 48.4 Å². The van der Waals surface area contributed by atoms with Gasteiger partial charge >= 0.3 is 0 Å². The molecule has 1 nitrogen and oxygen atoms in total. The van der Waals surface area contributed by atoms with E-state index >= 15 is 0 Å². The molecule has 0 spiro atoms. The molecule has 2 aromatic rings. The van der Waals surface area contributed by atoms with Gasteiger partial charge in [0, 0.05) is 20.7 Å². The number of rotatable bonds is 5. The summed E-state index contributed by atoms with van der Waals surface area (Å²) in [6, 6.07) is 14.1. The summed E-state index contributed by atoms with van der Waals surface area (Å²) in [5.74, 6) is 0.906. The summed E-state index contributed by atoms with van der Waals surface area (Å²) in [5.41, 5.74) is 7.90. The fourth-order valence-corrected chi connectivity index (χ4v) is 3.08. The summed E-state index contributed by atoms with van der Waals surface area (Å²) in [7, 11) is 0. The van der Waals surface area contributed by atoms with Gasteiger partial charge in [-0.1, -0.05) is 41.4 Å². The van der Waals surface area contributed by atoms with Gasteiger partial charge in [0.15, 0.2) is 0 Å². The van der Waals surface area contributed by atoms with E-state index in [0.29, 0.717) is 6.54 Å². The Morgan fingerprint density at radius 1 is 1.00 bits per heavy atom. The van der Waals surface area contributed by atoms with Crippen LogP contribution >= 0.6 is 35.0 Å². The van der Waals surface area contributed by atoms with Gasteiger partial charge in [-0.3, -0.25) is 0 Å². The van der Waals surface area contributed by atoms with E-state index in [9.17, 15) is 0 Å². The van der Waals surface area contributed by atoms with Gasteiger partial charge < -0.3 is 5.73 Å². The van der Waals surface area contributed by atoms with Gasteiger partial charge in [-0.25, -0.2) is 0 Å². The Hall–Kier alpha value is -0.670. The molecule has 0 unspecified atom stereocenters. The number of nitrogens with two attached hydrogens (primary N) is 1. The maximum absolute atomic E-state index is 6.22. The highest BCUT2D eigenvalue weighted by Crippen LogP contribution is 2.28. The normalized spacial score (nSPS) is 10.7. The number of hydrogen-bond donors (Lipinski definition) is 1. The molecule has 0 saturated carbocycles. The van der Waals surface area contributed by atoms with Crippen LogP contribution in [0.3, 0.4) is 0 Å². The van der Waals surface area contributed by atoms with Crippen LogP contribution in [0.1, 0.15) is 11.1 Å². The van der Waals surface area contributed by atoms with Crippen molar-refractivity contribution in [2.75, 3.05) is 6.54 Å². The van der Waals surface area contributed by atoms with Crippen molar-refractivity contribution in [2.24, 2.45) is 5.73 Å². The molecule has 2 rings (SSSR count). The second-order valence-corrected chi connectivity index (χ2v) is 6.10. The summed E-state index contributed by atoms with van der Waals surface area (Å²) in [6.07, 6.45) is 0.820. The SMILES string of the molecule is NCCc1ccc(SCc2ccc(Cl)cc2)cc1Cl. The molecule has 0 aliphatic rings. The van der Waals surface area contributed by atoms with Crippen LogP contribution in [-0.2, 0) is 12.2 Å². The molecular formula is C15H15Cl2NS. The predicted molar refractivity (Wildman–Crippen MR) is 85.2 cm³/mol. The minimum Gasteiger partial charge on any atom is -0.330 e. The van der Waals surface area contributed by atoms with Gasteiger partial charge in [-0.2, -0.15) is 0 Å². The van der Waals surface area contributed by atoms with Crippen LogP contribution < -0.4 is 5.73 Å². The predicted octanol–water partition coefficient (Wildman–Crippen LogP) is 4.79. The van der Waals surface area contributed by atoms with Crippen molar-refractivity contribution in [1.82, 2.24) is 0 Å².